The second-order valence-electron chi connectivity index (χ2n) is 4.85. The predicted molar refractivity (Wildman–Crippen MR) is 62.6 cm³/mol. The first kappa shape index (κ1) is 11.7. The molecule has 1 unspecified atom stereocenters. The van der Waals surface area contributed by atoms with Gasteiger partial charge >= 0.3 is 0 Å². The molecule has 1 heterocycles. The molecular formula is C12H24N2. The number of rotatable bonds is 5. The maximum Gasteiger partial charge on any atom is 0.0281 e. The summed E-state index contributed by atoms with van der Waals surface area (Å²) in [4.78, 5) is 2.47. The molecule has 82 valence electrons. The van der Waals surface area contributed by atoms with E-state index >= 15 is 0 Å². The van der Waals surface area contributed by atoms with Crippen LogP contribution in [0.15, 0.2) is 12.2 Å². The Morgan fingerprint density at radius 1 is 1.57 bits per heavy atom. The van der Waals surface area contributed by atoms with E-state index in [1.54, 1.807) is 0 Å². The van der Waals surface area contributed by atoms with Crippen molar-refractivity contribution >= 4 is 0 Å². The average Bonchev–Trinajstić information content (AvgIpc) is 2.50. The van der Waals surface area contributed by atoms with Gasteiger partial charge in [0.25, 0.3) is 0 Å². The highest BCUT2D eigenvalue weighted by molar-refractivity contribution is 4.96. The molecule has 1 fully saturated rings. The van der Waals surface area contributed by atoms with Crippen molar-refractivity contribution in [2.75, 3.05) is 26.2 Å². The molecule has 0 aliphatic carbocycles. The molecule has 0 bridgehead atoms. The van der Waals surface area contributed by atoms with E-state index in [9.17, 15) is 0 Å². The lowest BCUT2D eigenvalue weighted by Crippen LogP contribution is -2.47. The van der Waals surface area contributed by atoms with E-state index in [2.05, 4.69) is 37.6 Å². The number of nitrogens with zero attached hydrogens (tertiary/aromatic N) is 1. The Bertz CT molecular complexity index is 192. The molecule has 1 aliphatic heterocycles. The summed E-state index contributed by atoms with van der Waals surface area (Å²) in [5.41, 5.74) is 1.60. The Morgan fingerprint density at radius 3 is 2.71 bits per heavy atom. The van der Waals surface area contributed by atoms with Crippen molar-refractivity contribution in [2.24, 2.45) is 0 Å². The van der Waals surface area contributed by atoms with E-state index in [-0.39, 0.29) is 0 Å². The summed E-state index contributed by atoms with van der Waals surface area (Å²) >= 11 is 0. The third-order valence-corrected chi connectivity index (χ3v) is 2.97. The first-order valence-corrected chi connectivity index (χ1v) is 5.67. The molecule has 1 saturated heterocycles. The number of hydrogen-bond acceptors (Lipinski definition) is 2. The lowest BCUT2D eigenvalue weighted by molar-refractivity contribution is 0.226. The van der Waals surface area contributed by atoms with Crippen molar-refractivity contribution in [3.05, 3.63) is 12.2 Å². The van der Waals surface area contributed by atoms with Gasteiger partial charge in [-0.15, -0.1) is 0 Å². The van der Waals surface area contributed by atoms with Crippen molar-refractivity contribution in [3.8, 4) is 0 Å². The summed E-state index contributed by atoms with van der Waals surface area (Å²) in [5.74, 6) is 0. The minimum absolute atomic E-state index is 0.339. The number of nitrogens with one attached hydrogen (secondary N) is 1. The zero-order valence-electron chi connectivity index (χ0n) is 9.90. The molecule has 0 radical (unpaired) electrons. The summed E-state index contributed by atoms with van der Waals surface area (Å²) in [6.45, 7) is 15.1. The van der Waals surface area contributed by atoms with Gasteiger partial charge in [-0.1, -0.05) is 19.1 Å². The van der Waals surface area contributed by atoms with Crippen LogP contribution in [-0.2, 0) is 0 Å². The zero-order valence-corrected chi connectivity index (χ0v) is 9.90. The minimum atomic E-state index is 0.339. The second kappa shape index (κ2) is 4.94. The highest BCUT2D eigenvalue weighted by Gasteiger charge is 2.29. The van der Waals surface area contributed by atoms with Crippen LogP contribution in [-0.4, -0.2) is 36.6 Å². The smallest absolute Gasteiger partial charge is 0.0281 e. The van der Waals surface area contributed by atoms with E-state index in [1.165, 1.54) is 25.0 Å². The third kappa shape index (κ3) is 3.43. The summed E-state index contributed by atoms with van der Waals surface area (Å²) in [5, 5.41) is 3.60. The standard InChI is InChI=1S/C12H24N2/c1-5-14(9-11(2)3)10-12(4)7-6-8-13-12/h13H,2,5-10H2,1,3-4H3. The SMILES string of the molecule is C=C(C)CN(CC)CC1(C)CCCN1. The molecule has 1 N–H and O–H groups in total. The van der Waals surface area contributed by atoms with Crippen LogP contribution in [0.1, 0.15) is 33.6 Å². The molecule has 1 atom stereocenters. The van der Waals surface area contributed by atoms with Crippen molar-refractivity contribution in [1.82, 2.24) is 10.2 Å². The maximum atomic E-state index is 3.98. The Labute approximate surface area is 88.4 Å². The van der Waals surface area contributed by atoms with E-state index in [1.807, 2.05) is 0 Å². The summed E-state index contributed by atoms with van der Waals surface area (Å²) < 4.78 is 0. The molecule has 0 saturated carbocycles. The van der Waals surface area contributed by atoms with Gasteiger partial charge in [0.2, 0.25) is 0 Å². The maximum absolute atomic E-state index is 3.98. The topological polar surface area (TPSA) is 15.3 Å². The van der Waals surface area contributed by atoms with Gasteiger partial charge < -0.3 is 5.32 Å². The van der Waals surface area contributed by atoms with Gasteiger partial charge in [0, 0.05) is 18.6 Å². The molecular weight excluding hydrogens is 172 g/mol. The Hall–Kier alpha value is -0.340. The molecule has 14 heavy (non-hydrogen) atoms. The predicted octanol–water partition coefficient (Wildman–Crippen LogP) is 2.03. The first-order valence-electron chi connectivity index (χ1n) is 5.67. The Balaban J connectivity index is 2.42. The largest absolute Gasteiger partial charge is 0.310 e. The van der Waals surface area contributed by atoms with E-state index in [0.717, 1.165) is 19.6 Å². The molecule has 0 aromatic carbocycles. The van der Waals surface area contributed by atoms with Crippen molar-refractivity contribution in [2.45, 2.75) is 39.2 Å². The van der Waals surface area contributed by atoms with Gasteiger partial charge in [-0.05, 0) is 39.8 Å². The van der Waals surface area contributed by atoms with Gasteiger partial charge in [0.15, 0.2) is 0 Å². The molecule has 0 amide bonds. The van der Waals surface area contributed by atoms with E-state index in [0.29, 0.717) is 5.54 Å². The van der Waals surface area contributed by atoms with Crippen LogP contribution in [0.3, 0.4) is 0 Å². The lowest BCUT2D eigenvalue weighted by atomic mass is 9.99. The van der Waals surface area contributed by atoms with Gasteiger partial charge in [0.1, 0.15) is 0 Å². The van der Waals surface area contributed by atoms with Gasteiger partial charge in [0.05, 0.1) is 0 Å². The first-order chi connectivity index (χ1) is 6.56. The molecule has 0 aromatic heterocycles. The summed E-state index contributed by atoms with van der Waals surface area (Å²) in [6.07, 6.45) is 2.63. The summed E-state index contributed by atoms with van der Waals surface area (Å²) in [6, 6.07) is 0. The lowest BCUT2D eigenvalue weighted by Gasteiger charge is -2.32. The number of likely N-dealkylation sites (N-methyl/N-ethyl adjacent to an activating group) is 1. The fraction of sp³-hybridized carbons (Fsp3) is 0.833. The molecule has 1 rings (SSSR count). The second-order valence-corrected chi connectivity index (χ2v) is 4.85. The Kier molecular flexibility index (Phi) is 4.14. The van der Waals surface area contributed by atoms with Gasteiger partial charge in [-0.25, -0.2) is 0 Å². The quantitative estimate of drug-likeness (QED) is 0.677. The molecule has 2 nitrogen and oxygen atoms in total. The fourth-order valence-corrected chi connectivity index (χ4v) is 2.25. The van der Waals surface area contributed by atoms with Gasteiger partial charge in [-0.2, -0.15) is 0 Å². The molecule has 2 heteroatoms. The van der Waals surface area contributed by atoms with Crippen molar-refractivity contribution in [3.63, 3.8) is 0 Å². The molecule has 0 spiro atoms. The normalized spacial score (nSPS) is 27.1. The molecule has 0 aromatic rings. The van der Waals surface area contributed by atoms with Crippen molar-refractivity contribution in [1.29, 1.82) is 0 Å². The zero-order chi connectivity index (χ0) is 10.6. The average molecular weight is 196 g/mol. The van der Waals surface area contributed by atoms with Crippen LogP contribution >= 0.6 is 0 Å². The van der Waals surface area contributed by atoms with Crippen molar-refractivity contribution < 1.29 is 0 Å². The highest BCUT2D eigenvalue weighted by Crippen LogP contribution is 2.19. The number of hydrogen-bond donors (Lipinski definition) is 1. The third-order valence-electron chi connectivity index (χ3n) is 2.97. The van der Waals surface area contributed by atoms with Crippen LogP contribution in [0.2, 0.25) is 0 Å². The molecule has 1 aliphatic rings. The Morgan fingerprint density at radius 2 is 2.29 bits per heavy atom. The van der Waals surface area contributed by atoms with E-state index < -0.39 is 0 Å². The van der Waals surface area contributed by atoms with Crippen LogP contribution in [0.25, 0.3) is 0 Å². The monoisotopic (exact) mass is 196 g/mol. The van der Waals surface area contributed by atoms with Crippen LogP contribution < -0.4 is 5.32 Å². The fourth-order valence-electron chi connectivity index (χ4n) is 2.25. The van der Waals surface area contributed by atoms with Crippen LogP contribution in [0, 0.1) is 0 Å². The minimum Gasteiger partial charge on any atom is -0.310 e. The van der Waals surface area contributed by atoms with Crippen LogP contribution in [0.5, 0.6) is 0 Å². The van der Waals surface area contributed by atoms with Gasteiger partial charge in [-0.3, -0.25) is 4.90 Å². The van der Waals surface area contributed by atoms with E-state index in [4.69, 9.17) is 0 Å². The summed E-state index contributed by atoms with van der Waals surface area (Å²) in [7, 11) is 0. The highest BCUT2D eigenvalue weighted by atomic mass is 15.2. The van der Waals surface area contributed by atoms with Crippen LogP contribution in [0.4, 0.5) is 0 Å².